The fourth-order valence-corrected chi connectivity index (χ4v) is 0.907. The molecule has 1 aromatic rings. The number of aldehydes is 1. The van der Waals surface area contributed by atoms with Crippen LogP contribution in [0.2, 0.25) is 0 Å². The molecule has 0 unspecified atom stereocenters. The van der Waals surface area contributed by atoms with Gasteiger partial charge >= 0.3 is 11.9 Å². The molecule has 0 atom stereocenters. The van der Waals surface area contributed by atoms with E-state index in [9.17, 15) is 14.4 Å². The summed E-state index contributed by atoms with van der Waals surface area (Å²) in [5.41, 5.74) is 1.63. The first-order chi connectivity index (χ1) is 6.56. The van der Waals surface area contributed by atoms with Crippen LogP contribution >= 0.6 is 11.3 Å². The Morgan fingerprint density at radius 1 is 1.43 bits per heavy atom. The molecule has 0 saturated heterocycles. The van der Waals surface area contributed by atoms with E-state index < -0.39 is 11.9 Å². The molecule has 0 aliphatic rings. The predicted octanol–water partition coefficient (Wildman–Crippen LogP) is 1.05. The topological polar surface area (TPSA) is 73.3 Å². The number of aromatic nitrogens is 1. The van der Waals surface area contributed by atoms with Gasteiger partial charge in [-0.3, -0.25) is 19.4 Å². The van der Waals surface area contributed by atoms with Gasteiger partial charge in [-0.1, -0.05) is 0 Å². The van der Waals surface area contributed by atoms with Crippen molar-refractivity contribution < 1.29 is 19.1 Å². The summed E-state index contributed by atoms with van der Waals surface area (Å²) in [5, 5.41) is 0. The molecule has 0 bridgehead atoms. The fourth-order valence-electron chi connectivity index (χ4n) is 0.486. The first-order valence-electron chi connectivity index (χ1n) is 3.59. The van der Waals surface area contributed by atoms with Gasteiger partial charge in [0.15, 0.2) is 6.29 Å². The molecule has 0 fully saturated rings. The summed E-state index contributed by atoms with van der Waals surface area (Å²) in [6.07, 6.45) is 2.33. The van der Waals surface area contributed by atoms with Crippen molar-refractivity contribution in [2.24, 2.45) is 0 Å². The van der Waals surface area contributed by atoms with Crippen molar-refractivity contribution in [3.63, 3.8) is 0 Å². The van der Waals surface area contributed by atoms with Crippen molar-refractivity contribution in [1.29, 1.82) is 0 Å². The van der Waals surface area contributed by atoms with Crippen molar-refractivity contribution in [2.45, 2.75) is 13.8 Å². The molecule has 14 heavy (non-hydrogen) atoms. The summed E-state index contributed by atoms with van der Waals surface area (Å²) in [7, 11) is 0. The van der Waals surface area contributed by atoms with Gasteiger partial charge in [-0.25, -0.2) is 0 Å². The van der Waals surface area contributed by atoms with Crippen molar-refractivity contribution in [2.75, 3.05) is 0 Å². The molecular formula is C8H9NO4S. The summed E-state index contributed by atoms with van der Waals surface area (Å²) in [5.74, 6) is -1.12. The summed E-state index contributed by atoms with van der Waals surface area (Å²) in [6.45, 7) is 2.36. The van der Waals surface area contributed by atoms with Gasteiger partial charge in [-0.2, -0.15) is 0 Å². The number of thiazole rings is 1. The molecule has 0 aliphatic heterocycles. The zero-order valence-electron chi connectivity index (χ0n) is 7.72. The first kappa shape index (κ1) is 12.4. The molecule has 0 saturated carbocycles. The van der Waals surface area contributed by atoms with Gasteiger partial charge in [-0.15, -0.1) is 11.3 Å². The lowest BCUT2D eigenvalue weighted by Crippen LogP contribution is -2.03. The van der Waals surface area contributed by atoms with E-state index in [-0.39, 0.29) is 0 Å². The Kier molecular flexibility index (Phi) is 6.13. The van der Waals surface area contributed by atoms with Crippen LogP contribution in [0, 0.1) is 0 Å². The standard InChI is InChI=1S/C4H3NOS.C4H6O3/c6-2-4-1-5-3-7-4;1-3(5)7-4(2)6/h1-3H;1-2H3. The van der Waals surface area contributed by atoms with Crippen LogP contribution in [0.1, 0.15) is 23.5 Å². The average Bonchev–Trinajstić information content (AvgIpc) is 2.53. The van der Waals surface area contributed by atoms with Gasteiger partial charge in [0.25, 0.3) is 0 Å². The highest BCUT2D eigenvalue weighted by molar-refractivity contribution is 7.11. The maximum atomic E-state index is 9.84. The molecule has 1 heterocycles. The van der Waals surface area contributed by atoms with E-state index in [1.54, 1.807) is 5.51 Å². The quantitative estimate of drug-likeness (QED) is 0.397. The van der Waals surface area contributed by atoms with E-state index in [1.807, 2.05) is 0 Å². The van der Waals surface area contributed by atoms with Gasteiger partial charge in [0.1, 0.15) is 0 Å². The Hall–Kier alpha value is -1.56. The Bertz CT molecular complexity index is 295. The minimum atomic E-state index is -0.562. The lowest BCUT2D eigenvalue weighted by Gasteiger charge is -1.87. The minimum Gasteiger partial charge on any atom is -0.394 e. The highest BCUT2D eigenvalue weighted by Crippen LogP contribution is 1.99. The van der Waals surface area contributed by atoms with Crippen LogP contribution in [-0.4, -0.2) is 23.2 Å². The Morgan fingerprint density at radius 3 is 2.14 bits per heavy atom. The number of hydrogen-bond acceptors (Lipinski definition) is 6. The van der Waals surface area contributed by atoms with Crippen LogP contribution in [-0.2, 0) is 14.3 Å². The molecule has 0 aromatic carbocycles. The Morgan fingerprint density at radius 2 is 2.00 bits per heavy atom. The fraction of sp³-hybridized carbons (Fsp3) is 0.250. The molecule has 0 aliphatic carbocycles. The SMILES string of the molecule is CC(=O)OC(C)=O.O=Cc1cncs1. The molecule has 0 radical (unpaired) electrons. The number of nitrogens with zero attached hydrogens (tertiary/aromatic N) is 1. The summed E-state index contributed by atoms with van der Waals surface area (Å²) >= 11 is 1.34. The van der Waals surface area contributed by atoms with Crippen LogP contribution < -0.4 is 0 Å². The molecule has 6 heteroatoms. The smallest absolute Gasteiger partial charge is 0.310 e. The van der Waals surface area contributed by atoms with E-state index in [0.29, 0.717) is 4.88 Å². The number of rotatable bonds is 1. The summed E-state index contributed by atoms with van der Waals surface area (Å²) < 4.78 is 3.97. The maximum Gasteiger partial charge on any atom is 0.310 e. The summed E-state index contributed by atoms with van der Waals surface area (Å²) in [6, 6.07) is 0. The van der Waals surface area contributed by atoms with Gasteiger partial charge in [0, 0.05) is 20.0 Å². The normalized spacial score (nSPS) is 8.14. The van der Waals surface area contributed by atoms with E-state index in [2.05, 4.69) is 9.72 Å². The second-order valence-electron chi connectivity index (χ2n) is 2.11. The van der Waals surface area contributed by atoms with Gasteiger partial charge < -0.3 is 4.74 Å². The number of carbonyl (C=O) groups excluding carboxylic acids is 3. The third-order valence-corrected chi connectivity index (χ3v) is 1.56. The van der Waals surface area contributed by atoms with Crippen LogP contribution in [0.3, 0.4) is 0 Å². The van der Waals surface area contributed by atoms with Crippen LogP contribution in [0.15, 0.2) is 11.7 Å². The van der Waals surface area contributed by atoms with E-state index in [0.717, 1.165) is 6.29 Å². The molecule has 1 aromatic heterocycles. The highest BCUT2D eigenvalue weighted by Gasteiger charge is 1.93. The second kappa shape index (κ2) is 6.90. The highest BCUT2D eigenvalue weighted by atomic mass is 32.1. The molecule has 0 spiro atoms. The van der Waals surface area contributed by atoms with Crippen LogP contribution in [0.5, 0.6) is 0 Å². The average molecular weight is 215 g/mol. The van der Waals surface area contributed by atoms with Crippen molar-refractivity contribution in [1.82, 2.24) is 4.98 Å². The predicted molar refractivity (Wildman–Crippen MR) is 49.9 cm³/mol. The molecule has 0 N–H and O–H groups in total. The lowest BCUT2D eigenvalue weighted by atomic mass is 10.6. The Labute approximate surface area is 84.7 Å². The maximum absolute atomic E-state index is 9.84. The molecular weight excluding hydrogens is 206 g/mol. The van der Waals surface area contributed by atoms with Gasteiger partial charge in [0.05, 0.1) is 10.4 Å². The number of hydrogen-bond donors (Lipinski definition) is 0. The number of esters is 2. The molecule has 0 amide bonds. The third kappa shape index (κ3) is 7.11. The number of ether oxygens (including phenoxy) is 1. The molecule has 76 valence electrons. The van der Waals surface area contributed by atoms with Crippen molar-refractivity contribution in [3.05, 3.63) is 16.6 Å². The van der Waals surface area contributed by atoms with Crippen LogP contribution in [0.4, 0.5) is 0 Å². The number of carbonyl (C=O) groups is 3. The van der Waals surface area contributed by atoms with E-state index in [1.165, 1.54) is 31.4 Å². The molecule has 1 rings (SSSR count). The zero-order chi connectivity index (χ0) is 11.0. The monoisotopic (exact) mass is 215 g/mol. The molecule has 5 nitrogen and oxygen atoms in total. The van der Waals surface area contributed by atoms with E-state index in [4.69, 9.17) is 0 Å². The largest absolute Gasteiger partial charge is 0.394 e. The zero-order valence-corrected chi connectivity index (χ0v) is 8.54. The second-order valence-corrected chi connectivity index (χ2v) is 3.02. The van der Waals surface area contributed by atoms with Gasteiger partial charge in [-0.05, 0) is 0 Å². The van der Waals surface area contributed by atoms with Gasteiger partial charge in [0.2, 0.25) is 0 Å². The van der Waals surface area contributed by atoms with Crippen molar-refractivity contribution >= 4 is 29.6 Å². The third-order valence-electron chi connectivity index (χ3n) is 0.855. The van der Waals surface area contributed by atoms with E-state index >= 15 is 0 Å². The minimum absolute atomic E-state index is 0.562. The lowest BCUT2D eigenvalue weighted by molar-refractivity contribution is -0.156. The van der Waals surface area contributed by atoms with Crippen molar-refractivity contribution in [3.8, 4) is 0 Å². The Balaban J connectivity index is 0.000000241. The summed E-state index contributed by atoms with van der Waals surface area (Å²) in [4.78, 5) is 33.8. The van der Waals surface area contributed by atoms with Crippen LogP contribution in [0.25, 0.3) is 0 Å². The first-order valence-corrected chi connectivity index (χ1v) is 4.47.